The SMILES string of the molecule is CCCSc1nc(SCc2ccc(Cl)cc2)c2c3c(sc2n1)COC(C)(CC)C3. The summed E-state index contributed by atoms with van der Waals surface area (Å²) in [6.45, 7) is 7.28. The number of thioether (sulfide) groups is 2. The van der Waals surface area contributed by atoms with Crippen LogP contribution in [0, 0.1) is 0 Å². The van der Waals surface area contributed by atoms with Gasteiger partial charge in [-0.05, 0) is 43.0 Å². The largest absolute Gasteiger partial charge is 0.369 e. The maximum Gasteiger partial charge on any atom is 0.190 e. The second-order valence-corrected chi connectivity index (χ2v) is 11.1. The summed E-state index contributed by atoms with van der Waals surface area (Å²) in [5.41, 5.74) is 2.54. The van der Waals surface area contributed by atoms with Gasteiger partial charge >= 0.3 is 0 Å². The van der Waals surface area contributed by atoms with Gasteiger partial charge in [0.1, 0.15) is 9.86 Å². The molecule has 0 saturated heterocycles. The topological polar surface area (TPSA) is 35.0 Å². The Labute approximate surface area is 190 Å². The number of aromatic nitrogens is 2. The van der Waals surface area contributed by atoms with E-state index < -0.39 is 0 Å². The average Bonchev–Trinajstić information content (AvgIpc) is 3.09. The summed E-state index contributed by atoms with van der Waals surface area (Å²) in [5, 5.41) is 4.00. The number of hydrogen-bond donors (Lipinski definition) is 0. The van der Waals surface area contributed by atoms with Gasteiger partial charge in [0, 0.05) is 33.2 Å². The fourth-order valence-electron chi connectivity index (χ4n) is 3.34. The number of ether oxygens (including phenoxy) is 1. The second kappa shape index (κ2) is 9.15. The summed E-state index contributed by atoms with van der Waals surface area (Å²) in [6, 6.07) is 8.08. The molecule has 1 atom stereocenters. The van der Waals surface area contributed by atoms with E-state index in [4.69, 9.17) is 26.3 Å². The van der Waals surface area contributed by atoms with E-state index in [0.717, 1.165) is 50.8 Å². The molecule has 0 N–H and O–H groups in total. The monoisotopic (exact) mass is 464 g/mol. The van der Waals surface area contributed by atoms with Crippen LogP contribution < -0.4 is 0 Å². The highest BCUT2D eigenvalue weighted by atomic mass is 35.5. The predicted molar refractivity (Wildman–Crippen MR) is 127 cm³/mol. The van der Waals surface area contributed by atoms with Crippen molar-refractivity contribution < 1.29 is 4.74 Å². The van der Waals surface area contributed by atoms with Gasteiger partial charge in [0.05, 0.1) is 12.2 Å². The van der Waals surface area contributed by atoms with E-state index in [1.807, 2.05) is 12.1 Å². The normalized spacial score (nSPS) is 18.9. The first-order valence-corrected chi connectivity index (χ1v) is 13.1. The molecule has 0 fully saturated rings. The van der Waals surface area contributed by atoms with Crippen LogP contribution in [0.3, 0.4) is 0 Å². The molecule has 0 spiro atoms. The van der Waals surface area contributed by atoms with Gasteiger partial charge in [0.25, 0.3) is 0 Å². The Morgan fingerprint density at radius 2 is 1.97 bits per heavy atom. The zero-order chi connectivity index (χ0) is 20.4. The van der Waals surface area contributed by atoms with Crippen molar-refractivity contribution >= 4 is 56.7 Å². The third kappa shape index (κ3) is 4.77. The van der Waals surface area contributed by atoms with Crippen LogP contribution in [0.1, 0.15) is 49.6 Å². The Bertz CT molecular complexity index is 1010. The van der Waals surface area contributed by atoms with Gasteiger partial charge < -0.3 is 4.74 Å². The average molecular weight is 465 g/mol. The molecule has 0 amide bonds. The van der Waals surface area contributed by atoms with E-state index in [1.165, 1.54) is 21.4 Å². The molecule has 154 valence electrons. The Hall–Kier alpha value is -0.790. The summed E-state index contributed by atoms with van der Waals surface area (Å²) < 4.78 is 6.18. The predicted octanol–water partition coefficient (Wildman–Crippen LogP) is 7.38. The third-order valence-corrected chi connectivity index (χ3v) is 8.71. The number of rotatable bonds is 7. The maximum absolute atomic E-state index is 6.18. The summed E-state index contributed by atoms with van der Waals surface area (Å²) in [6.07, 6.45) is 3.05. The molecule has 3 aromatic rings. The number of hydrogen-bond acceptors (Lipinski definition) is 6. The highest BCUT2D eigenvalue weighted by Crippen LogP contribution is 2.43. The van der Waals surface area contributed by atoms with E-state index in [9.17, 15) is 0 Å². The number of benzene rings is 1. The minimum absolute atomic E-state index is 0.102. The molecule has 0 saturated carbocycles. The first-order chi connectivity index (χ1) is 14.0. The summed E-state index contributed by atoms with van der Waals surface area (Å²) >= 11 is 11.4. The first-order valence-electron chi connectivity index (χ1n) is 9.97. The van der Waals surface area contributed by atoms with Crippen molar-refractivity contribution in [3.05, 3.63) is 45.3 Å². The third-order valence-electron chi connectivity index (χ3n) is 5.25. The Balaban J connectivity index is 1.72. The van der Waals surface area contributed by atoms with Crippen LogP contribution in [0.4, 0.5) is 0 Å². The molecule has 3 nitrogen and oxygen atoms in total. The lowest BCUT2D eigenvalue weighted by Crippen LogP contribution is -2.33. The van der Waals surface area contributed by atoms with Crippen LogP contribution in [0.15, 0.2) is 34.4 Å². The maximum atomic E-state index is 6.18. The van der Waals surface area contributed by atoms with E-state index in [0.29, 0.717) is 6.61 Å². The van der Waals surface area contributed by atoms with Gasteiger partial charge in [-0.15, -0.1) is 23.1 Å². The molecule has 0 bridgehead atoms. The van der Waals surface area contributed by atoms with Crippen molar-refractivity contribution in [3.8, 4) is 0 Å². The van der Waals surface area contributed by atoms with Crippen LogP contribution >= 0.6 is 46.5 Å². The number of thiophene rings is 1. The molecule has 0 radical (unpaired) electrons. The molecular formula is C22H25ClN2OS3. The first kappa shape index (κ1) is 21.4. The van der Waals surface area contributed by atoms with E-state index in [-0.39, 0.29) is 5.60 Å². The fraction of sp³-hybridized carbons (Fsp3) is 0.455. The van der Waals surface area contributed by atoms with E-state index in [2.05, 4.69) is 32.9 Å². The molecule has 4 rings (SSSR count). The van der Waals surface area contributed by atoms with Crippen molar-refractivity contribution in [2.75, 3.05) is 5.75 Å². The van der Waals surface area contributed by atoms with Crippen LogP contribution in [0.2, 0.25) is 5.02 Å². The molecule has 7 heteroatoms. The Morgan fingerprint density at radius 3 is 2.69 bits per heavy atom. The zero-order valence-electron chi connectivity index (χ0n) is 17.0. The van der Waals surface area contributed by atoms with Crippen molar-refractivity contribution in [1.82, 2.24) is 9.97 Å². The molecule has 0 aliphatic carbocycles. The lowest BCUT2D eigenvalue weighted by atomic mass is 9.90. The highest BCUT2D eigenvalue weighted by Gasteiger charge is 2.33. The van der Waals surface area contributed by atoms with Crippen LogP contribution in [0.5, 0.6) is 0 Å². The molecule has 2 aromatic heterocycles. The van der Waals surface area contributed by atoms with Gasteiger partial charge in [0.2, 0.25) is 0 Å². The second-order valence-electron chi connectivity index (χ2n) is 7.53. The van der Waals surface area contributed by atoms with Crippen molar-refractivity contribution in [3.63, 3.8) is 0 Å². The molecule has 29 heavy (non-hydrogen) atoms. The number of fused-ring (bicyclic) bond motifs is 3. The van der Waals surface area contributed by atoms with Crippen LogP contribution in [0.25, 0.3) is 10.2 Å². The van der Waals surface area contributed by atoms with Gasteiger partial charge in [-0.2, -0.15) is 0 Å². The summed E-state index contributed by atoms with van der Waals surface area (Å²) in [4.78, 5) is 12.3. The van der Waals surface area contributed by atoms with Gasteiger partial charge in [-0.25, -0.2) is 9.97 Å². The minimum Gasteiger partial charge on any atom is -0.369 e. The van der Waals surface area contributed by atoms with Gasteiger partial charge in [0.15, 0.2) is 5.16 Å². The Morgan fingerprint density at radius 1 is 1.17 bits per heavy atom. The molecule has 1 aliphatic heterocycles. The Kier molecular flexibility index (Phi) is 6.76. The summed E-state index contributed by atoms with van der Waals surface area (Å²) in [5.74, 6) is 1.90. The van der Waals surface area contributed by atoms with Gasteiger partial charge in [-0.1, -0.05) is 49.3 Å². The lowest BCUT2D eigenvalue weighted by molar-refractivity contribution is -0.0543. The smallest absolute Gasteiger partial charge is 0.190 e. The lowest BCUT2D eigenvalue weighted by Gasteiger charge is -2.33. The molecule has 1 aliphatic rings. The fourth-order valence-corrected chi connectivity index (χ4v) is 6.46. The molecule has 1 aromatic carbocycles. The molecular weight excluding hydrogens is 440 g/mol. The quantitative estimate of drug-likeness (QED) is 0.207. The van der Waals surface area contributed by atoms with Gasteiger partial charge in [-0.3, -0.25) is 0 Å². The number of halogens is 1. The zero-order valence-corrected chi connectivity index (χ0v) is 20.2. The van der Waals surface area contributed by atoms with E-state index in [1.54, 1.807) is 34.9 Å². The standard InChI is InChI=1S/C22H25ClN2OS3/c1-4-10-27-21-24-19(28-13-14-6-8-15(23)9-7-14)18-16-11-22(3,5-2)26-12-17(16)29-20(18)25-21/h6-9H,4-5,10-13H2,1-3H3. The minimum atomic E-state index is -0.102. The van der Waals surface area contributed by atoms with Crippen molar-refractivity contribution in [2.24, 2.45) is 0 Å². The van der Waals surface area contributed by atoms with Crippen LogP contribution in [-0.2, 0) is 23.5 Å². The number of nitrogens with zero attached hydrogens (tertiary/aromatic N) is 2. The van der Waals surface area contributed by atoms with Crippen LogP contribution in [-0.4, -0.2) is 21.3 Å². The molecule has 3 heterocycles. The van der Waals surface area contributed by atoms with E-state index >= 15 is 0 Å². The van der Waals surface area contributed by atoms with Crippen molar-refractivity contribution in [2.45, 2.75) is 68.2 Å². The summed E-state index contributed by atoms with van der Waals surface area (Å²) in [7, 11) is 0. The highest BCUT2D eigenvalue weighted by molar-refractivity contribution is 7.99. The van der Waals surface area contributed by atoms with Crippen molar-refractivity contribution in [1.29, 1.82) is 0 Å². The molecule has 1 unspecified atom stereocenters.